The summed E-state index contributed by atoms with van der Waals surface area (Å²) >= 11 is 1.51. The lowest BCUT2D eigenvalue weighted by atomic mass is 9.82. The molecule has 2 saturated carbocycles. The number of para-hydroxylation sites is 1. The monoisotopic (exact) mass is 1200 g/mol. The number of fused-ring (bicyclic) bond motifs is 1. The average molecular weight is 1200 g/mol. The summed E-state index contributed by atoms with van der Waals surface area (Å²) < 4.78 is 65.5. The van der Waals surface area contributed by atoms with E-state index >= 15 is 0 Å². The Morgan fingerprint density at radius 1 is 0.488 bits per heavy atom. The molecule has 86 heavy (non-hydrogen) atoms. The first-order chi connectivity index (χ1) is 41.7. The van der Waals surface area contributed by atoms with E-state index in [1.165, 1.54) is 47.7 Å². The summed E-state index contributed by atoms with van der Waals surface area (Å²) in [6, 6.07) is 22.2. The summed E-state index contributed by atoms with van der Waals surface area (Å²) in [6.45, 7) is 11.6. The smallest absolute Gasteiger partial charge is 0.333 e. The van der Waals surface area contributed by atoms with Gasteiger partial charge in [0, 0.05) is 55.5 Å². The normalized spacial score (nSPS) is 16.2. The van der Waals surface area contributed by atoms with Crippen LogP contribution in [0.25, 0.3) is 16.3 Å². The Balaban J connectivity index is 0.883. The van der Waals surface area contributed by atoms with Crippen molar-refractivity contribution >= 4 is 80.5 Å². The van der Waals surface area contributed by atoms with Crippen molar-refractivity contribution in [3.8, 4) is 34.5 Å². The van der Waals surface area contributed by atoms with Crippen LogP contribution in [0, 0.1) is 23.7 Å². The number of esters is 8. The van der Waals surface area contributed by atoms with E-state index in [1.54, 1.807) is 6.20 Å². The number of carbonyl (C=O) groups excluding carboxylic acids is 8. The highest BCUT2D eigenvalue weighted by Gasteiger charge is 2.34. The lowest BCUT2D eigenvalue weighted by molar-refractivity contribution is -0.152. The van der Waals surface area contributed by atoms with Crippen LogP contribution in [-0.2, 0) is 79.6 Å². The molecular weight excluding hydrogens is 1140 g/mol. The molecule has 0 bridgehead atoms. The highest BCUT2D eigenvalue weighted by atomic mass is 32.1. The molecule has 4 aromatic carbocycles. The fourth-order valence-electron chi connectivity index (χ4n) is 9.02. The Morgan fingerprint density at radius 2 is 0.919 bits per heavy atom. The second kappa shape index (κ2) is 32.9. The van der Waals surface area contributed by atoms with Crippen LogP contribution in [0.3, 0.4) is 0 Å². The van der Waals surface area contributed by atoms with Gasteiger partial charge in [0.15, 0.2) is 28.1 Å². The largest absolute Gasteiger partial charge is 0.465 e. The topological polar surface area (TPSA) is 272 Å². The Bertz CT molecular complexity index is 3270. The minimum Gasteiger partial charge on any atom is -0.465 e. The number of ether oxygens (including phenoxy) is 12. The van der Waals surface area contributed by atoms with E-state index in [1.807, 2.05) is 48.5 Å². The number of rotatable bonds is 31. The zero-order chi connectivity index (χ0) is 61.2. The molecule has 0 unspecified atom stereocenters. The number of anilines is 1. The predicted octanol–water partition coefficient (Wildman–Crippen LogP) is 9.64. The average Bonchev–Trinajstić information content (AvgIpc) is 3.91. The first kappa shape index (κ1) is 63.8. The van der Waals surface area contributed by atoms with Gasteiger partial charge in [-0.05, 0) is 111 Å². The Labute approximate surface area is 499 Å². The first-order valence-corrected chi connectivity index (χ1v) is 28.2. The molecule has 5 aromatic rings. The van der Waals surface area contributed by atoms with Gasteiger partial charge >= 0.3 is 47.8 Å². The molecule has 2 aliphatic carbocycles. The maximum absolute atomic E-state index is 13.4. The third-order valence-corrected chi connectivity index (χ3v) is 14.6. The van der Waals surface area contributed by atoms with Gasteiger partial charge in [-0.2, -0.15) is 0 Å². The van der Waals surface area contributed by atoms with E-state index in [2.05, 4.69) is 36.6 Å². The standard InChI is InChI=1S/C63H64N2O20S/c1-5-55(66)80-36-76-50-25-23-47(34-52(50)78-38-82-57(68)7-3)84-61(72)44-19-15-42(16-20-44)59(70)74-31-28-40-13-14-41(46(33-40)27-30-64-63-65-49-11-9-10-12-54(49)86-63)29-32-75-60(71)43-17-21-45(22-18-43)62(73)85-48-24-26-51(77-37-81-56(67)6-2)53(35-48)79-39-83-58(69)8-4/h5-14,23-27,30,33-35,42-45H,1-4,15-22,28-29,31-32,36-39H2,(H,64,65)/b30-27+. The molecule has 0 radical (unpaired) electrons. The van der Waals surface area contributed by atoms with E-state index in [0.717, 1.165) is 51.2 Å². The maximum atomic E-state index is 13.4. The summed E-state index contributed by atoms with van der Waals surface area (Å²) in [5.74, 6) is -5.92. The molecule has 7 rings (SSSR count). The van der Waals surface area contributed by atoms with Crippen LogP contribution in [0.4, 0.5) is 5.13 Å². The van der Waals surface area contributed by atoms with Crippen molar-refractivity contribution < 1.29 is 95.2 Å². The van der Waals surface area contributed by atoms with Gasteiger partial charge < -0.3 is 62.2 Å². The third kappa shape index (κ3) is 19.7. The van der Waals surface area contributed by atoms with Gasteiger partial charge in [0.1, 0.15) is 11.5 Å². The fourth-order valence-corrected chi connectivity index (χ4v) is 9.87. The van der Waals surface area contributed by atoms with Gasteiger partial charge in [-0.1, -0.05) is 68.0 Å². The summed E-state index contributed by atoms with van der Waals surface area (Å²) in [4.78, 5) is 104. The molecular formula is C63H64N2O20S. The zero-order valence-electron chi connectivity index (χ0n) is 46.9. The minimum atomic E-state index is -0.731. The number of hydrogen-bond acceptors (Lipinski definition) is 23. The number of benzene rings is 4. The molecule has 2 fully saturated rings. The maximum Gasteiger partial charge on any atom is 0.333 e. The van der Waals surface area contributed by atoms with Gasteiger partial charge in [0.05, 0.1) is 47.1 Å². The fraction of sp³-hybridized carbons (Fsp3) is 0.317. The van der Waals surface area contributed by atoms with Gasteiger partial charge in [-0.3, -0.25) is 19.2 Å². The summed E-state index contributed by atoms with van der Waals surface area (Å²) in [5.41, 5.74) is 3.52. The van der Waals surface area contributed by atoms with E-state index in [4.69, 9.17) is 56.8 Å². The number of hydrogen-bond donors (Lipinski definition) is 1. The SMILES string of the molecule is C=CC(=O)OCOc1ccc(OC(=O)C2CCC(C(=O)OCCc3ccc(CCOC(=O)C4CCC(C(=O)Oc5ccc(OCOC(=O)C=C)c(OCOC(=O)C=C)c5)CC4)c(/C=C/Nc4nc5ccccc5s4)c3)CC2)cc1OCOC(=O)C=C. The highest BCUT2D eigenvalue weighted by Crippen LogP contribution is 2.37. The van der Waals surface area contributed by atoms with Crippen molar-refractivity contribution in [2.24, 2.45) is 23.7 Å². The molecule has 0 aliphatic heterocycles. The molecule has 0 amide bonds. The van der Waals surface area contributed by atoms with Crippen LogP contribution >= 0.6 is 11.3 Å². The van der Waals surface area contributed by atoms with Crippen LogP contribution in [-0.4, -0.2) is 93.1 Å². The van der Waals surface area contributed by atoms with Crippen molar-refractivity contribution in [2.75, 3.05) is 45.7 Å². The number of carbonyl (C=O) groups is 8. The number of aromatic nitrogens is 1. The summed E-state index contributed by atoms with van der Waals surface area (Å²) in [5, 5.41) is 3.98. The molecule has 0 spiro atoms. The van der Waals surface area contributed by atoms with Crippen molar-refractivity contribution in [3.63, 3.8) is 0 Å². The molecule has 452 valence electrons. The van der Waals surface area contributed by atoms with Gasteiger partial charge in [0.2, 0.25) is 27.2 Å². The van der Waals surface area contributed by atoms with Crippen LogP contribution < -0.4 is 33.7 Å². The second-order valence-electron chi connectivity index (χ2n) is 19.2. The molecule has 0 saturated heterocycles. The number of nitrogens with zero attached hydrogens (tertiary/aromatic N) is 1. The van der Waals surface area contributed by atoms with Gasteiger partial charge in [-0.25, -0.2) is 24.2 Å². The van der Waals surface area contributed by atoms with E-state index in [9.17, 15) is 38.4 Å². The van der Waals surface area contributed by atoms with Crippen LogP contribution in [0.1, 0.15) is 68.1 Å². The minimum absolute atomic E-state index is 0.0326. The van der Waals surface area contributed by atoms with Crippen LogP contribution in [0.2, 0.25) is 0 Å². The quantitative estimate of drug-likeness (QED) is 0.0142. The van der Waals surface area contributed by atoms with Crippen molar-refractivity contribution in [3.05, 3.63) is 152 Å². The van der Waals surface area contributed by atoms with Gasteiger partial charge in [0.25, 0.3) is 0 Å². The molecule has 22 nitrogen and oxygen atoms in total. The molecule has 1 aromatic heterocycles. The Morgan fingerprint density at radius 3 is 1.37 bits per heavy atom. The highest BCUT2D eigenvalue weighted by molar-refractivity contribution is 7.22. The van der Waals surface area contributed by atoms with Gasteiger partial charge in [-0.15, -0.1) is 0 Å². The molecule has 1 N–H and O–H groups in total. The van der Waals surface area contributed by atoms with Crippen LogP contribution in [0.15, 0.2) is 136 Å². The summed E-state index contributed by atoms with van der Waals surface area (Å²) in [7, 11) is 0. The van der Waals surface area contributed by atoms with E-state index < -0.39 is 86.7 Å². The summed E-state index contributed by atoms with van der Waals surface area (Å²) in [6.07, 6.45) is 11.6. The molecule has 1 heterocycles. The lowest BCUT2D eigenvalue weighted by Crippen LogP contribution is -2.29. The molecule has 2 aliphatic rings. The van der Waals surface area contributed by atoms with E-state index in [-0.39, 0.29) is 59.6 Å². The van der Waals surface area contributed by atoms with Crippen molar-refractivity contribution in [2.45, 2.75) is 64.2 Å². The Kier molecular flexibility index (Phi) is 24.4. The predicted molar refractivity (Wildman–Crippen MR) is 310 cm³/mol. The molecule has 0 atom stereocenters. The lowest BCUT2D eigenvalue weighted by Gasteiger charge is -2.26. The van der Waals surface area contributed by atoms with Crippen molar-refractivity contribution in [1.82, 2.24) is 4.98 Å². The van der Waals surface area contributed by atoms with Crippen molar-refractivity contribution in [1.29, 1.82) is 0 Å². The number of nitrogens with one attached hydrogen (secondary N) is 1. The molecule has 23 heteroatoms. The zero-order valence-corrected chi connectivity index (χ0v) is 47.8. The Hall–Kier alpha value is -9.77. The third-order valence-electron chi connectivity index (χ3n) is 13.6. The first-order valence-electron chi connectivity index (χ1n) is 27.4. The van der Waals surface area contributed by atoms with Crippen LogP contribution in [0.5, 0.6) is 34.5 Å². The number of thiazole rings is 1. The van der Waals surface area contributed by atoms with E-state index in [0.29, 0.717) is 69.3 Å². The second-order valence-corrected chi connectivity index (χ2v) is 20.2.